The fraction of sp³-hybridized carbons (Fsp3) is 0.333. The number of thioether (sulfide) groups is 1. The van der Waals surface area contributed by atoms with Crippen molar-refractivity contribution in [2.75, 3.05) is 20.2 Å². The summed E-state index contributed by atoms with van der Waals surface area (Å²) in [7, 11) is 1.62. The highest BCUT2D eigenvalue weighted by atomic mass is 32.2. The Kier molecular flexibility index (Phi) is 6.43. The first-order chi connectivity index (χ1) is 14.6. The molecule has 0 atom stereocenters. The largest absolute Gasteiger partial charge is 0.493 e. The molecule has 2 heterocycles. The van der Waals surface area contributed by atoms with Crippen LogP contribution in [0.3, 0.4) is 0 Å². The number of piperidine rings is 1. The molecule has 0 spiro atoms. The van der Waals surface area contributed by atoms with Crippen molar-refractivity contribution in [3.63, 3.8) is 0 Å². The number of likely N-dealkylation sites (tertiary alicyclic amines) is 1. The van der Waals surface area contributed by atoms with Gasteiger partial charge in [-0.05, 0) is 59.9 Å². The van der Waals surface area contributed by atoms with E-state index in [0.717, 1.165) is 48.1 Å². The molecule has 1 amide bonds. The number of amidine groups is 1. The van der Waals surface area contributed by atoms with Gasteiger partial charge >= 0.3 is 0 Å². The standard InChI is InChI=1S/C24H26N2O3S/c1-17-10-12-26(13-11-17)24-25-23(27)22(30-24)15-19-8-9-20(21(14-19)28-2)29-16-18-6-4-3-5-7-18/h3-9,14-15,17H,10-13,16H2,1-2H3/b22-15+. The van der Waals surface area contributed by atoms with E-state index < -0.39 is 0 Å². The summed E-state index contributed by atoms with van der Waals surface area (Å²) in [5, 5.41) is 0.827. The molecule has 0 radical (unpaired) electrons. The van der Waals surface area contributed by atoms with Crippen molar-refractivity contribution in [2.24, 2.45) is 10.9 Å². The van der Waals surface area contributed by atoms with E-state index >= 15 is 0 Å². The third-order valence-electron chi connectivity index (χ3n) is 5.39. The van der Waals surface area contributed by atoms with Gasteiger partial charge < -0.3 is 14.4 Å². The Hall–Kier alpha value is -2.73. The van der Waals surface area contributed by atoms with E-state index in [2.05, 4.69) is 16.8 Å². The average Bonchev–Trinajstić information content (AvgIpc) is 3.14. The zero-order valence-corrected chi connectivity index (χ0v) is 18.2. The Bertz CT molecular complexity index is 964. The van der Waals surface area contributed by atoms with Crippen LogP contribution in [-0.4, -0.2) is 36.2 Å². The summed E-state index contributed by atoms with van der Waals surface area (Å²) in [5.41, 5.74) is 1.98. The van der Waals surface area contributed by atoms with E-state index in [9.17, 15) is 4.79 Å². The minimum absolute atomic E-state index is 0.169. The molecule has 4 rings (SSSR count). The monoisotopic (exact) mass is 422 g/mol. The molecule has 1 saturated heterocycles. The lowest BCUT2D eigenvalue weighted by Gasteiger charge is -2.30. The maximum atomic E-state index is 12.4. The van der Waals surface area contributed by atoms with Gasteiger partial charge in [0.15, 0.2) is 16.7 Å². The Morgan fingerprint density at radius 2 is 1.90 bits per heavy atom. The number of carbonyl (C=O) groups excluding carboxylic acids is 1. The zero-order chi connectivity index (χ0) is 20.9. The van der Waals surface area contributed by atoms with Crippen molar-refractivity contribution >= 4 is 28.9 Å². The smallest absolute Gasteiger partial charge is 0.286 e. The number of nitrogens with zero attached hydrogens (tertiary/aromatic N) is 2. The highest BCUT2D eigenvalue weighted by molar-refractivity contribution is 8.18. The second-order valence-electron chi connectivity index (χ2n) is 7.66. The van der Waals surface area contributed by atoms with Crippen molar-refractivity contribution in [3.8, 4) is 11.5 Å². The summed E-state index contributed by atoms with van der Waals surface area (Å²) < 4.78 is 11.4. The number of amides is 1. The molecule has 0 unspecified atom stereocenters. The van der Waals surface area contributed by atoms with Crippen molar-refractivity contribution in [2.45, 2.75) is 26.4 Å². The number of hydrogen-bond acceptors (Lipinski definition) is 5. The van der Waals surface area contributed by atoms with Gasteiger partial charge in [0.25, 0.3) is 5.91 Å². The lowest BCUT2D eigenvalue weighted by molar-refractivity contribution is -0.113. The average molecular weight is 423 g/mol. The maximum absolute atomic E-state index is 12.4. The molecule has 2 aliphatic rings. The molecule has 0 aliphatic carbocycles. The van der Waals surface area contributed by atoms with Crippen LogP contribution in [0.4, 0.5) is 0 Å². The zero-order valence-electron chi connectivity index (χ0n) is 17.3. The third kappa shape index (κ3) is 4.87. The van der Waals surface area contributed by atoms with Crippen LogP contribution < -0.4 is 9.47 Å². The van der Waals surface area contributed by atoms with Crippen LogP contribution >= 0.6 is 11.8 Å². The molecule has 0 N–H and O–H groups in total. The van der Waals surface area contributed by atoms with E-state index in [4.69, 9.17) is 9.47 Å². The van der Waals surface area contributed by atoms with Gasteiger partial charge in [-0.3, -0.25) is 4.79 Å². The number of carbonyl (C=O) groups is 1. The van der Waals surface area contributed by atoms with Gasteiger partial charge in [0.1, 0.15) is 6.61 Å². The molecule has 0 saturated carbocycles. The second-order valence-corrected chi connectivity index (χ2v) is 8.67. The van der Waals surface area contributed by atoms with Gasteiger partial charge in [-0.2, -0.15) is 4.99 Å². The Morgan fingerprint density at radius 1 is 1.13 bits per heavy atom. The van der Waals surface area contributed by atoms with Crippen molar-refractivity contribution < 1.29 is 14.3 Å². The first-order valence-corrected chi connectivity index (χ1v) is 11.1. The third-order valence-corrected chi connectivity index (χ3v) is 6.43. The fourth-order valence-electron chi connectivity index (χ4n) is 3.51. The summed E-state index contributed by atoms with van der Waals surface area (Å²) in [6, 6.07) is 15.7. The summed E-state index contributed by atoms with van der Waals surface area (Å²) in [6.07, 6.45) is 4.17. The number of ether oxygens (including phenoxy) is 2. The number of hydrogen-bond donors (Lipinski definition) is 0. The van der Waals surface area contributed by atoms with Crippen molar-refractivity contribution in [1.29, 1.82) is 0 Å². The van der Waals surface area contributed by atoms with Crippen molar-refractivity contribution in [3.05, 3.63) is 64.6 Å². The van der Waals surface area contributed by atoms with E-state index in [-0.39, 0.29) is 5.91 Å². The number of benzene rings is 2. The highest BCUT2D eigenvalue weighted by Gasteiger charge is 2.28. The van der Waals surface area contributed by atoms with Crippen LogP contribution in [-0.2, 0) is 11.4 Å². The molecule has 1 fully saturated rings. The lowest BCUT2D eigenvalue weighted by Crippen LogP contribution is -2.35. The molecule has 0 bridgehead atoms. The quantitative estimate of drug-likeness (QED) is 0.637. The summed E-state index contributed by atoms with van der Waals surface area (Å²) in [6.45, 7) is 4.68. The van der Waals surface area contributed by atoms with Crippen LogP contribution in [0.1, 0.15) is 30.9 Å². The summed E-state index contributed by atoms with van der Waals surface area (Å²) in [4.78, 5) is 19.6. The fourth-order valence-corrected chi connectivity index (χ4v) is 4.48. The van der Waals surface area contributed by atoms with Crippen LogP contribution in [0, 0.1) is 5.92 Å². The molecular formula is C24H26N2O3S. The minimum atomic E-state index is -0.169. The molecule has 2 aromatic rings. The predicted octanol–water partition coefficient (Wildman–Crippen LogP) is 4.98. The van der Waals surface area contributed by atoms with Gasteiger partial charge in [0.2, 0.25) is 0 Å². The molecule has 156 valence electrons. The molecule has 6 heteroatoms. The molecule has 30 heavy (non-hydrogen) atoms. The molecule has 0 aromatic heterocycles. The summed E-state index contributed by atoms with van der Waals surface area (Å²) >= 11 is 1.46. The highest BCUT2D eigenvalue weighted by Crippen LogP contribution is 2.34. The topological polar surface area (TPSA) is 51.1 Å². The lowest BCUT2D eigenvalue weighted by atomic mass is 10.00. The normalized spacial score (nSPS) is 18.6. The van der Waals surface area contributed by atoms with E-state index in [1.165, 1.54) is 11.8 Å². The molecule has 2 aliphatic heterocycles. The van der Waals surface area contributed by atoms with Crippen molar-refractivity contribution in [1.82, 2.24) is 4.90 Å². The van der Waals surface area contributed by atoms with Crippen LogP contribution in [0.25, 0.3) is 6.08 Å². The molecule has 2 aromatic carbocycles. The Morgan fingerprint density at radius 3 is 2.63 bits per heavy atom. The maximum Gasteiger partial charge on any atom is 0.286 e. The van der Waals surface area contributed by atoms with Gasteiger partial charge in [-0.25, -0.2) is 0 Å². The first kappa shape index (κ1) is 20.5. The summed E-state index contributed by atoms with van der Waals surface area (Å²) in [5.74, 6) is 1.89. The predicted molar refractivity (Wildman–Crippen MR) is 122 cm³/mol. The second kappa shape index (κ2) is 9.39. The van der Waals surface area contributed by atoms with E-state index in [1.807, 2.05) is 54.6 Å². The number of methoxy groups -OCH3 is 1. The van der Waals surface area contributed by atoms with Gasteiger partial charge in [0, 0.05) is 13.1 Å². The first-order valence-electron chi connectivity index (χ1n) is 10.2. The van der Waals surface area contributed by atoms with Crippen LogP contribution in [0.5, 0.6) is 11.5 Å². The number of aliphatic imine (C=N–C) groups is 1. The van der Waals surface area contributed by atoms with E-state index in [1.54, 1.807) is 7.11 Å². The van der Waals surface area contributed by atoms with Crippen LogP contribution in [0.2, 0.25) is 0 Å². The Balaban J connectivity index is 1.44. The SMILES string of the molecule is COc1cc(/C=C2/SC(N3CCC(C)CC3)=NC2=O)ccc1OCc1ccccc1. The molecule has 5 nitrogen and oxygen atoms in total. The number of rotatable bonds is 5. The van der Waals surface area contributed by atoms with Gasteiger partial charge in [-0.15, -0.1) is 0 Å². The Labute approximate surface area is 181 Å². The van der Waals surface area contributed by atoms with Gasteiger partial charge in [-0.1, -0.05) is 43.3 Å². The van der Waals surface area contributed by atoms with E-state index in [0.29, 0.717) is 23.0 Å². The molecular weight excluding hydrogens is 396 g/mol. The minimum Gasteiger partial charge on any atom is -0.493 e. The van der Waals surface area contributed by atoms with Gasteiger partial charge in [0.05, 0.1) is 12.0 Å². The van der Waals surface area contributed by atoms with Crippen LogP contribution in [0.15, 0.2) is 58.4 Å².